The van der Waals surface area contributed by atoms with Crippen LogP contribution in [0.2, 0.25) is 0 Å². The minimum absolute atomic E-state index is 0.105. The second-order valence-corrected chi connectivity index (χ2v) is 7.45. The molecule has 0 aliphatic heterocycles. The lowest BCUT2D eigenvalue weighted by Gasteiger charge is -2.05. The summed E-state index contributed by atoms with van der Waals surface area (Å²) in [5.74, 6) is 1.18. The molecule has 3 aromatic rings. The van der Waals surface area contributed by atoms with Crippen LogP contribution < -0.4 is 24.2 Å². The largest absolute Gasteiger partial charge is 0.497 e. The third-order valence-electron chi connectivity index (χ3n) is 3.75. The SMILES string of the molecule is COc1cc(/C=c2\s/c(=C\C(=O)c3cccs3)n(C)c2=O)cc(OC)c1. The van der Waals surface area contributed by atoms with Crippen LogP contribution in [0.1, 0.15) is 15.2 Å². The van der Waals surface area contributed by atoms with E-state index in [1.165, 1.54) is 33.3 Å². The number of hydrogen-bond donors (Lipinski definition) is 0. The van der Waals surface area contributed by atoms with Crippen molar-refractivity contribution >= 4 is 40.6 Å². The maximum absolute atomic E-state index is 12.5. The van der Waals surface area contributed by atoms with Gasteiger partial charge in [0.05, 0.1) is 23.6 Å². The van der Waals surface area contributed by atoms with Crippen molar-refractivity contribution in [3.8, 4) is 11.5 Å². The van der Waals surface area contributed by atoms with Gasteiger partial charge in [-0.25, -0.2) is 0 Å². The molecule has 0 bridgehead atoms. The Kier molecular flexibility index (Phi) is 5.39. The number of ether oxygens (including phenoxy) is 2. The average Bonchev–Trinajstić information content (AvgIpc) is 3.27. The number of Topliss-reactive ketones (excluding diaryl/α,β-unsaturated/α-hetero) is 1. The summed E-state index contributed by atoms with van der Waals surface area (Å²) in [6, 6.07) is 9.01. The first-order valence-corrected chi connectivity index (χ1v) is 9.41. The monoisotopic (exact) mass is 387 g/mol. The normalized spacial score (nSPS) is 12.4. The average molecular weight is 387 g/mol. The van der Waals surface area contributed by atoms with Gasteiger partial charge < -0.3 is 14.0 Å². The molecule has 0 saturated carbocycles. The van der Waals surface area contributed by atoms with Crippen LogP contribution in [0.25, 0.3) is 12.2 Å². The van der Waals surface area contributed by atoms with E-state index in [-0.39, 0.29) is 11.3 Å². The van der Waals surface area contributed by atoms with Gasteiger partial charge in [-0.05, 0) is 35.2 Å². The third-order valence-corrected chi connectivity index (χ3v) is 5.75. The Morgan fingerprint density at radius 2 is 1.85 bits per heavy atom. The van der Waals surface area contributed by atoms with Crippen molar-refractivity contribution in [1.29, 1.82) is 0 Å². The Labute approximate surface area is 158 Å². The molecule has 2 heterocycles. The second kappa shape index (κ2) is 7.72. The number of benzene rings is 1. The number of methoxy groups -OCH3 is 2. The Morgan fingerprint density at radius 3 is 2.42 bits per heavy atom. The van der Waals surface area contributed by atoms with E-state index in [4.69, 9.17) is 9.47 Å². The molecule has 0 fully saturated rings. The summed E-state index contributed by atoms with van der Waals surface area (Å²) in [5.41, 5.74) is 0.637. The summed E-state index contributed by atoms with van der Waals surface area (Å²) in [6.45, 7) is 0. The molecule has 0 N–H and O–H groups in total. The van der Waals surface area contributed by atoms with E-state index in [1.54, 1.807) is 39.5 Å². The fraction of sp³-hybridized carbons (Fsp3) is 0.158. The van der Waals surface area contributed by atoms with Crippen molar-refractivity contribution in [3.05, 3.63) is 65.7 Å². The van der Waals surface area contributed by atoms with Gasteiger partial charge in [0.1, 0.15) is 16.2 Å². The number of thiophene rings is 1. The maximum Gasteiger partial charge on any atom is 0.268 e. The molecule has 0 unspecified atom stereocenters. The summed E-state index contributed by atoms with van der Waals surface area (Å²) < 4.78 is 13.1. The van der Waals surface area contributed by atoms with Crippen LogP contribution in [0.3, 0.4) is 0 Å². The number of carbonyl (C=O) groups is 1. The predicted octanol–water partition coefficient (Wildman–Crippen LogP) is 2.02. The standard InChI is InChI=1S/C19H17NO4S2/c1-20-18(11-15(21)16-5-4-6-25-16)26-17(19(20)22)9-12-7-13(23-2)10-14(8-12)24-3/h4-11H,1-3H3/b17-9-,18-11-. The molecule has 7 heteroatoms. The van der Waals surface area contributed by atoms with Crippen LogP contribution in [0.5, 0.6) is 11.5 Å². The molecule has 0 atom stereocenters. The lowest BCUT2D eigenvalue weighted by molar-refractivity contribution is 0.106. The van der Waals surface area contributed by atoms with E-state index < -0.39 is 0 Å². The van der Waals surface area contributed by atoms with Crippen molar-refractivity contribution in [3.63, 3.8) is 0 Å². The van der Waals surface area contributed by atoms with Crippen molar-refractivity contribution in [2.24, 2.45) is 7.05 Å². The Balaban J connectivity index is 2.09. The van der Waals surface area contributed by atoms with Crippen LogP contribution in [-0.4, -0.2) is 24.6 Å². The molecule has 2 aromatic heterocycles. The molecule has 134 valence electrons. The lowest BCUT2D eigenvalue weighted by atomic mass is 10.2. The van der Waals surface area contributed by atoms with Gasteiger partial charge in [0, 0.05) is 19.2 Å². The Morgan fingerprint density at radius 1 is 1.15 bits per heavy atom. The van der Waals surface area contributed by atoms with Crippen LogP contribution in [0.4, 0.5) is 0 Å². The predicted molar refractivity (Wildman–Crippen MR) is 105 cm³/mol. The quantitative estimate of drug-likeness (QED) is 0.629. The summed E-state index contributed by atoms with van der Waals surface area (Å²) in [5, 5.41) is 1.85. The van der Waals surface area contributed by atoms with Crippen LogP contribution in [0.15, 0.2) is 40.5 Å². The minimum atomic E-state index is -0.151. The summed E-state index contributed by atoms with van der Waals surface area (Å²) in [7, 11) is 4.81. The lowest BCUT2D eigenvalue weighted by Crippen LogP contribution is -2.29. The zero-order valence-electron chi connectivity index (χ0n) is 14.5. The second-order valence-electron chi connectivity index (χ2n) is 5.44. The van der Waals surface area contributed by atoms with E-state index in [2.05, 4.69) is 0 Å². The first-order chi connectivity index (χ1) is 12.5. The fourth-order valence-corrected chi connectivity index (χ4v) is 4.04. The molecule has 5 nitrogen and oxygen atoms in total. The number of rotatable bonds is 5. The molecular formula is C19H17NO4S2. The first-order valence-electron chi connectivity index (χ1n) is 7.72. The molecule has 3 rings (SSSR count). The highest BCUT2D eigenvalue weighted by Gasteiger charge is 2.07. The van der Waals surface area contributed by atoms with Gasteiger partial charge >= 0.3 is 0 Å². The minimum Gasteiger partial charge on any atom is -0.497 e. The van der Waals surface area contributed by atoms with Gasteiger partial charge in [-0.2, -0.15) is 0 Å². The number of ketones is 1. The maximum atomic E-state index is 12.5. The Hall–Kier alpha value is -2.64. The smallest absolute Gasteiger partial charge is 0.268 e. The highest BCUT2D eigenvalue weighted by atomic mass is 32.1. The van der Waals surface area contributed by atoms with E-state index in [0.29, 0.717) is 25.6 Å². The molecule has 0 aliphatic carbocycles. The first kappa shape index (κ1) is 18.2. The molecule has 1 aromatic carbocycles. The van der Waals surface area contributed by atoms with E-state index in [9.17, 15) is 9.59 Å². The molecule has 0 saturated heterocycles. The van der Waals surface area contributed by atoms with E-state index in [1.807, 2.05) is 23.6 Å². The number of thiazole rings is 1. The molecular weight excluding hydrogens is 370 g/mol. The number of nitrogens with zero attached hydrogens (tertiary/aromatic N) is 1. The fourth-order valence-electron chi connectivity index (χ4n) is 2.37. The van der Waals surface area contributed by atoms with Crippen molar-refractivity contribution in [2.45, 2.75) is 0 Å². The van der Waals surface area contributed by atoms with Gasteiger partial charge in [-0.1, -0.05) is 6.07 Å². The molecule has 0 amide bonds. The summed E-state index contributed by atoms with van der Waals surface area (Å²) in [4.78, 5) is 25.4. The van der Waals surface area contributed by atoms with Gasteiger partial charge in [0.15, 0.2) is 5.78 Å². The molecule has 0 radical (unpaired) electrons. The summed E-state index contributed by atoms with van der Waals surface area (Å²) >= 11 is 2.65. The molecule has 26 heavy (non-hydrogen) atoms. The van der Waals surface area contributed by atoms with Gasteiger partial charge in [0.2, 0.25) is 0 Å². The number of aromatic nitrogens is 1. The van der Waals surface area contributed by atoms with Crippen LogP contribution in [-0.2, 0) is 7.05 Å². The topological polar surface area (TPSA) is 57.5 Å². The zero-order chi connectivity index (χ0) is 18.7. The number of hydrogen-bond acceptors (Lipinski definition) is 6. The highest BCUT2D eigenvalue weighted by Crippen LogP contribution is 2.22. The number of carbonyl (C=O) groups excluding carboxylic acids is 1. The zero-order valence-corrected chi connectivity index (χ0v) is 16.1. The molecule has 0 aliphatic rings. The van der Waals surface area contributed by atoms with E-state index >= 15 is 0 Å². The van der Waals surface area contributed by atoms with E-state index in [0.717, 1.165) is 5.56 Å². The van der Waals surface area contributed by atoms with Gasteiger partial charge in [-0.15, -0.1) is 22.7 Å². The van der Waals surface area contributed by atoms with Crippen molar-refractivity contribution in [1.82, 2.24) is 4.57 Å². The molecule has 0 spiro atoms. The van der Waals surface area contributed by atoms with Crippen LogP contribution >= 0.6 is 22.7 Å². The van der Waals surface area contributed by atoms with Crippen molar-refractivity contribution in [2.75, 3.05) is 14.2 Å². The van der Waals surface area contributed by atoms with Crippen molar-refractivity contribution < 1.29 is 14.3 Å². The van der Waals surface area contributed by atoms with Crippen LogP contribution in [0, 0.1) is 0 Å². The highest BCUT2D eigenvalue weighted by molar-refractivity contribution is 7.12. The van der Waals surface area contributed by atoms with Gasteiger partial charge in [-0.3, -0.25) is 9.59 Å². The van der Waals surface area contributed by atoms with Gasteiger partial charge in [0.25, 0.3) is 5.56 Å². The summed E-state index contributed by atoms with van der Waals surface area (Å²) in [6.07, 6.45) is 3.27. The Bertz CT molecular complexity index is 1090. The third kappa shape index (κ3) is 3.79.